The summed E-state index contributed by atoms with van der Waals surface area (Å²) in [5, 5.41) is 10.6. The quantitative estimate of drug-likeness (QED) is 0.603. The molecule has 0 unspecified atom stereocenters. The molecule has 0 bridgehead atoms. The van der Waals surface area contributed by atoms with E-state index in [0.717, 1.165) is 24.3 Å². The van der Waals surface area contributed by atoms with Gasteiger partial charge in [0.1, 0.15) is 12.1 Å². The highest BCUT2D eigenvalue weighted by molar-refractivity contribution is 5.93. The number of hydrogen-bond acceptors (Lipinski definition) is 6. The molecule has 1 N–H and O–H groups in total. The standard InChI is InChI=1S/C20H23N5O3/c1-3-24(4-2)16-11-9-15(10-12-16)21-19(26)14-28-20(27)13-25-18-8-6-5-7-17(18)22-23-25/h5-12H,3-4,13-14H2,1-2H3,(H,21,26). The second kappa shape index (κ2) is 8.98. The second-order valence-corrected chi connectivity index (χ2v) is 6.16. The molecule has 8 heteroatoms. The van der Waals surface area contributed by atoms with Crippen molar-refractivity contribution in [3.8, 4) is 0 Å². The van der Waals surface area contributed by atoms with Crippen LogP contribution >= 0.6 is 0 Å². The Hall–Kier alpha value is -3.42. The number of aromatic nitrogens is 3. The van der Waals surface area contributed by atoms with E-state index in [1.54, 1.807) is 0 Å². The molecule has 0 fully saturated rings. The summed E-state index contributed by atoms with van der Waals surface area (Å²) in [6, 6.07) is 14.9. The first kappa shape index (κ1) is 19.3. The van der Waals surface area contributed by atoms with Crippen LogP contribution in [0, 0.1) is 0 Å². The number of fused-ring (bicyclic) bond motifs is 1. The van der Waals surface area contributed by atoms with Gasteiger partial charge in [0.25, 0.3) is 5.91 Å². The average Bonchev–Trinajstić information content (AvgIpc) is 3.11. The molecule has 146 valence electrons. The molecule has 0 saturated carbocycles. The zero-order valence-corrected chi connectivity index (χ0v) is 16.0. The van der Waals surface area contributed by atoms with Crippen LogP contribution in [0.25, 0.3) is 11.0 Å². The van der Waals surface area contributed by atoms with Crippen LogP contribution in [0.4, 0.5) is 11.4 Å². The van der Waals surface area contributed by atoms with Crippen LogP contribution in [0.1, 0.15) is 13.8 Å². The third-order valence-electron chi connectivity index (χ3n) is 4.34. The highest BCUT2D eigenvalue weighted by Crippen LogP contribution is 2.17. The maximum atomic E-state index is 12.0. The maximum absolute atomic E-state index is 12.0. The Bertz CT molecular complexity index is 948. The number of nitrogens with one attached hydrogen (secondary N) is 1. The summed E-state index contributed by atoms with van der Waals surface area (Å²) in [4.78, 5) is 26.2. The summed E-state index contributed by atoms with van der Waals surface area (Å²) in [7, 11) is 0. The largest absolute Gasteiger partial charge is 0.454 e. The van der Waals surface area contributed by atoms with Crippen LogP contribution in [-0.4, -0.2) is 46.6 Å². The van der Waals surface area contributed by atoms with Crippen LogP contribution in [0.5, 0.6) is 0 Å². The van der Waals surface area contributed by atoms with Crippen LogP contribution in [0.15, 0.2) is 48.5 Å². The lowest BCUT2D eigenvalue weighted by Crippen LogP contribution is -2.23. The first-order valence-corrected chi connectivity index (χ1v) is 9.19. The van der Waals surface area contributed by atoms with Crippen molar-refractivity contribution in [2.75, 3.05) is 29.9 Å². The van der Waals surface area contributed by atoms with Gasteiger partial charge < -0.3 is 15.0 Å². The molecule has 1 amide bonds. The van der Waals surface area contributed by atoms with Crippen molar-refractivity contribution in [1.29, 1.82) is 0 Å². The fraction of sp³-hybridized carbons (Fsp3) is 0.300. The van der Waals surface area contributed by atoms with Crippen molar-refractivity contribution >= 4 is 34.3 Å². The van der Waals surface area contributed by atoms with Gasteiger partial charge in [0.2, 0.25) is 0 Å². The predicted molar refractivity (Wildman–Crippen MR) is 107 cm³/mol. The topological polar surface area (TPSA) is 89.4 Å². The molecule has 0 spiro atoms. The van der Waals surface area contributed by atoms with Crippen molar-refractivity contribution in [3.63, 3.8) is 0 Å². The summed E-state index contributed by atoms with van der Waals surface area (Å²) < 4.78 is 6.49. The van der Waals surface area contributed by atoms with E-state index in [1.165, 1.54) is 4.68 Å². The van der Waals surface area contributed by atoms with E-state index >= 15 is 0 Å². The molecule has 2 aromatic carbocycles. The van der Waals surface area contributed by atoms with Crippen LogP contribution in [0.2, 0.25) is 0 Å². The molecule has 3 rings (SSSR count). The summed E-state index contributed by atoms with van der Waals surface area (Å²) in [6.45, 7) is 5.55. The van der Waals surface area contributed by atoms with Crippen molar-refractivity contribution in [2.24, 2.45) is 0 Å². The molecular formula is C20H23N5O3. The number of nitrogens with zero attached hydrogens (tertiary/aromatic N) is 4. The lowest BCUT2D eigenvalue weighted by molar-refractivity contribution is -0.148. The second-order valence-electron chi connectivity index (χ2n) is 6.16. The smallest absolute Gasteiger partial charge is 0.328 e. The van der Waals surface area contributed by atoms with Crippen molar-refractivity contribution in [3.05, 3.63) is 48.5 Å². The van der Waals surface area contributed by atoms with E-state index in [9.17, 15) is 9.59 Å². The van der Waals surface area contributed by atoms with Crippen molar-refractivity contribution < 1.29 is 14.3 Å². The first-order valence-electron chi connectivity index (χ1n) is 9.19. The molecule has 0 aliphatic heterocycles. The normalized spacial score (nSPS) is 10.6. The Morgan fingerprint density at radius 3 is 2.50 bits per heavy atom. The monoisotopic (exact) mass is 381 g/mol. The van der Waals surface area contributed by atoms with Crippen LogP contribution < -0.4 is 10.2 Å². The molecule has 28 heavy (non-hydrogen) atoms. The number of esters is 1. The molecule has 0 saturated heterocycles. The fourth-order valence-corrected chi connectivity index (χ4v) is 2.89. The van der Waals surface area contributed by atoms with Gasteiger partial charge in [-0.1, -0.05) is 17.3 Å². The van der Waals surface area contributed by atoms with Crippen LogP contribution in [0.3, 0.4) is 0 Å². The van der Waals surface area contributed by atoms with Crippen LogP contribution in [-0.2, 0) is 20.9 Å². The summed E-state index contributed by atoms with van der Waals surface area (Å²) in [5.41, 5.74) is 3.17. The zero-order valence-electron chi connectivity index (χ0n) is 16.0. The zero-order chi connectivity index (χ0) is 19.9. The molecular weight excluding hydrogens is 358 g/mol. The highest BCUT2D eigenvalue weighted by atomic mass is 16.5. The van der Waals surface area contributed by atoms with Gasteiger partial charge >= 0.3 is 5.97 Å². The molecule has 1 aromatic heterocycles. The number of para-hydroxylation sites is 1. The van der Waals surface area contributed by atoms with Gasteiger partial charge in [0.05, 0.1) is 5.52 Å². The summed E-state index contributed by atoms with van der Waals surface area (Å²) in [6.07, 6.45) is 0. The van der Waals surface area contributed by atoms with Gasteiger partial charge in [0.15, 0.2) is 6.61 Å². The number of hydrogen-bond donors (Lipinski definition) is 1. The SMILES string of the molecule is CCN(CC)c1ccc(NC(=O)COC(=O)Cn2nnc3ccccc32)cc1. The van der Waals surface area contributed by atoms with Gasteiger partial charge in [-0.25, -0.2) is 4.68 Å². The van der Waals surface area contributed by atoms with E-state index in [-0.39, 0.29) is 13.2 Å². The molecule has 8 nitrogen and oxygen atoms in total. The van der Waals surface area contributed by atoms with E-state index < -0.39 is 11.9 Å². The minimum Gasteiger partial charge on any atom is -0.454 e. The van der Waals surface area contributed by atoms with Gasteiger partial charge in [-0.15, -0.1) is 5.10 Å². The van der Waals surface area contributed by atoms with Gasteiger partial charge in [-0.05, 0) is 50.2 Å². The third-order valence-corrected chi connectivity index (χ3v) is 4.34. The van der Waals surface area contributed by atoms with Gasteiger partial charge in [-0.2, -0.15) is 0 Å². The Balaban J connectivity index is 1.49. The van der Waals surface area contributed by atoms with E-state index in [4.69, 9.17) is 4.74 Å². The Kier molecular flexibility index (Phi) is 6.21. The number of carbonyl (C=O) groups excluding carboxylic acids is 2. The molecule has 3 aromatic rings. The van der Waals surface area contributed by atoms with E-state index in [2.05, 4.69) is 34.4 Å². The number of carbonyl (C=O) groups is 2. The minimum absolute atomic E-state index is 0.105. The maximum Gasteiger partial charge on any atom is 0.328 e. The summed E-state index contributed by atoms with van der Waals surface area (Å²) in [5.74, 6) is -0.949. The average molecular weight is 381 g/mol. The van der Waals surface area contributed by atoms with E-state index in [1.807, 2.05) is 48.5 Å². The number of amides is 1. The Morgan fingerprint density at radius 1 is 1.07 bits per heavy atom. The van der Waals surface area contributed by atoms with Crippen molar-refractivity contribution in [1.82, 2.24) is 15.0 Å². The molecule has 0 aliphatic rings. The number of benzene rings is 2. The number of ether oxygens (including phenoxy) is 1. The van der Waals surface area contributed by atoms with Crippen molar-refractivity contribution in [2.45, 2.75) is 20.4 Å². The van der Waals surface area contributed by atoms with Gasteiger partial charge in [0, 0.05) is 24.5 Å². The Morgan fingerprint density at radius 2 is 1.79 bits per heavy atom. The molecule has 1 heterocycles. The number of rotatable bonds is 8. The molecule has 0 radical (unpaired) electrons. The predicted octanol–water partition coefficient (Wildman–Crippen LogP) is 2.46. The Labute approximate surface area is 163 Å². The van der Waals surface area contributed by atoms with Gasteiger partial charge in [-0.3, -0.25) is 9.59 Å². The fourth-order valence-electron chi connectivity index (χ4n) is 2.89. The summed E-state index contributed by atoms with van der Waals surface area (Å²) >= 11 is 0. The minimum atomic E-state index is -0.553. The first-order chi connectivity index (χ1) is 13.6. The molecule has 0 aliphatic carbocycles. The lowest BCUT2D eigenvalue weighted by atomic mass is 10.2. The van der Waals surface area contributed by atoms with E-state index in [0.29, 0.717) is 11.2 Å². The lowest BCUT2D eigenvalue weighted by Gasteiger charge is -2.21. The highest BCUT2D eigenvalue weighted by Gasteiger charge is 2.12. The molecule has 0 atom stereocenters. The number of anilines is 2. The third kappa shape index (κ3) is 4.64.